The number of likely N-dealkylation sites (tertiary alicyclic amines) is 1. The number of aromatic nitrogens is 1. The molecule has 1 aromatic heterocycles. The number of hydrogen-bond acceptors (Lipinski definition) is 2. The fourth-order valence-corrected chi connectivity index (χ4v) is 3.28. The normalized spacial score (nSPS) is 17.0. The van der Waals surface area contributed by atoms with Gasteiger partial charge in [-0.2, -0.15) is 0 Å². The van der Waals surface area contributed by atoms with E-state index >= 15 is 0 Å². The molecule has 0 spiro atoms. The summed E-state index contributed by atoms with van der Waals surface area (Å²) >= 11 is 0. The summed E-state index contributed by atoms with van der Waals surface area (Å²) in [6.45, 7) is 5.80. The lowest BCUT2D eigenvalue weighted by molar-refractivity contribution is 0.214. The molecule has 2 aromatic rings. The fourth-order valence-electron chi connectivity index (χ4n) is 3.28. The van der Waals surface area contributed by atoms with E-state index in [0.717, 1.165) is 5.92 Å². The standard InChI is InChI=1S/C19H24N2/c1-16-3-2-4-17(15-16)7-12-21-13-8-19(9-14-21)18-5-10-20-11-6-18/h2-6,10-11,15,19H,7-9,12-14H2,1H3. The molecule has 0 aliphatic carbocycles. The van der Waals surface area contributed by atoms with Crippen LogP contribution >= 0.6 is 0 Å². The van der Waals surface area contributed by atoms with Gasteiger partial charge in [0.25, 0.3) is 0 Å². The van der Waals surface area contributed by atoms with Gasteiger partial charge in [-0.3, -0.25) is 4.98 Å². The zero-order chi connectivity index (χ0) is 14.5. The molecular weight excluding hydrogens is 256 g/mol. The van der Waals surface area contributed by atoms with Crippen LogP contribution in [-0.4, -0.2) is 29.5 Å². The molecule has 0 saturated carbocycles. The molecule has 2 heterocycles. The zero-order valence-electron chi connectivity index (χ0n) is 12.8. The molecule has 1 saturated heterocycles. The molecule has 0 N–H and O–H groups in total. The highest BCUT2D eigenvalue weighted by Gasteiger charge is 2.20. The summed E-state index contributed by atoms with van der Waals surface area (Å²) in [5, 5.41) is 0. The maximum Gasteiger partial charge on any atom is 0.0270 e. The average molecular weight is 280 g/mol. The summed E-state index contributed by atoms with van der Waals surface area (Å²) in [6.07, 6.45) is 7.55. The van der Waals surface area contributed by atoms with Crippen LogP contribution in [0.1, 0.15) is 35.4 Å². The van der Waals surface area contributed by atoms with E-state index in [9.17, 15) is 0 Å². The number of hydrogen-bond donors (Lipinski definition) is 0. The minimum Gasteiger partial charge on any atom is -0.303 e. The van der Waals surface area contributed by atoms with Gasteiger partial charge in [0.05, 0.1) is 0 Å². The Hall–Kier alpha value is -1.67. The van der Waals surface area contributed by atoms with Crippen molar-refractivity contribution in [2.24, 2.45) is 0 Å². The Balaban J connectivity index is 1.48. The molecule has 1 aromatic carbocycles. The predicted octanol–water partition coefficient (Wildman–Crippen LogP) is 3.81. The van der Waals surface area contributed by atoms with Crippen LogP contribution < -0.4 is 0 Å². The number of pyridine rings is 1. The Bertz CT molecular complexity index is 557. The Morgan fingerprint density at radius 1 is 1.10 bits per heavy atom. The Morgan fingerprint density at radius 2 is 1.86 bits per heavy atom. The van der Waals surface area contributed by atoms with Gasteiger partial charge in [-0.15, -0.1) is 0 Å². The second-order valence-electron chi connectivity index (χ2n) is 6.14. The van der Waals surface area contributed by atoms with Crippen molar-refractivity contribution in [3.05, 3.63) is 65.5 Å². The van der Waals surface area contributed by atoms with Crippen LogP contribution in [0.5, 0.6) is 0 Å². The molecule has 0 atom stereocenters. The lowest BCUT2D eigenvalue weighted by Gasteiger charge is -2.32. The molecule has 21 heavy (non-hydrogen) atoms. The first kappa shape index (κ1) is 14.3. The van der Waals surface area contributed by atoms with Gasteiger partial charge in [-0.1, -0.05) is 29.8 Å². The summed E-state index contributed by atoms with van der Waals surface area (Å²) in [7, 11) is 0. The van der Waals surface area contributed by atoms with E-state index in [1.807, 2.05) is 12.4 Å². The third-order valence-corrected chi connectivity index (χ3v) is 4.56. The Morgan fingerprint density at radius 3 is 2.57 bits per heavy atom. The van der Waals surface area contributed by atoms with E-state index in [1.165, 1.54) is 55.6 Å². The summed E-state index contributed by atoms with van der Waals surface area (Å²) in [5.41, 5.74) is 4.29. The second-order valence-corrected chi connectivity index (χ2v) is 6.14. The fraction of sp³-hybridized carbons (Fsp3) is 0.421. The molecule has 1 aliphatic rings. The first-order valence-corrected chi connectivity index (χ1v) is 7.99. The maximum atomic E-state index is 4.11. The first-order valence-electron chi connectivity index (χ1n) is 7.99. The van der Waals surface area contributed by atoms with Crippen LogP contribution in [0.2, 0.25) is 0 Å². The lowest BCUT2D eigenvalue weighted by Crippen LogP contribution is -2.34. The Kier molecular flexibility index (Phi) is 4.66. The summed E-state index contributed by atoms with van der Waals surface area (Å²) in [6, 6.07) is 13.2. The van der Waals surface area contributed by atoms with Crippen LogP contribution in [0.25, 0.3) is 0 Å². The largest absolute Gasteiger partial charge is 0.303 e. The highest BCUT2D eigenvalue weighted by molar-refractivity contribution is 5.22. The van der Waals surface area contributed by atoms with Crippen molar-refractivity contribution in [3.8, 4) is 0 Å². The first-order chi connectivity index (χ1) is 10.3. The highest BCUT2D eigenvalue weighted by Crippen LogP contribution is 2.27. The number of benzene rings is 1. The highest BCUT2D eigenvalue weighted by atomic mass is 15.1. The minimum absolute atomic E-state index is 0.725. The van der Waals surface area contributed by atoms with Crippen LogP contribution in [0.3, 0.4) is 0 Å². The smallest absolute Gasteiger partial charge is 0.0270 e. The molecule has 1 aliphatic heterocycles. The van der Waals surface area contributed by atoms with Crippen LogP contribution in [-0.2, 0) is 6.42 Å². The molecule has 0 radical (unpaired) electrons. The van der Waals surface area contributed by atoms with Crippen molar-refractivity contribution < 1.29 is 0 Å². The third kappa shape index (κ3) is 3.92. The lowest BCUT2D eigenvalue weighted by atomic mass is 9.90. The van der Waals surface area contributed by atoms with Crippen molar-refractivity contribution in [3.63, 3.8) is 0 Å². The molecule has 0 amide bonds. The van der Waals surface area contributed by atoms with E-state index in [2.05, 4.69) is 53.2 Å². The third-order valence-electron chi connectivity index (χ3n) is 4.56. The topological polar surface area (TPSA) is 16.1 Å². The monoisotopic (exact) mass is 280 g/mol. The van der Waals surface area contributed by atoms with E-state index in [0.29, 0.717) is 0 Å². The van der Waals surface area contributed by atoms with Gasteiger partial charge in [-0.05, 0) is 68.5 Å². The second kappa shape index (κ2) is 6.86. The van der Waals surface area contributed by atoms with Gasteiger partial charge in [0.1, 0.15) is 0 Å². The van der Waals surface area contributed by atoms with Gasteiger partial charge in [0, 0.05) is 18.9 Å². The van der Waals surface area contributed by atoms with Gasteiger partial charge in [-0.25, -0.2) is 0 Å². The van der Waals surface area contributed by atoms with Crippen molar-refractivity contribution in [1.82, 2.24) is 9.88 Å². The van der Waals surface area contributed by atoms with E-state index in [4.69, 9.17) is 0 Å². The quantitative estimate of drug-likeness (QED) is 0.846. The molecule has 0 bridgehead atoms. The van der Waals surface area contributed by atoms with Crippen LogP contribution in [0, 0.1) is 6.92 Å². The molecule has 3 rings (SSSR count). The molecule has 0 unspecified atom stereocenters. The summed E-state index contributed by atoms with van der Waals surface area (Å²) < 4.78 is 0. The summed E-state index contributed by atoms with van der Waals surface area (Å²) in [5.74, 6) is 0.725. The van der Waals surface area contributed by atoms with E-state index < -0.39 is 0 Å². The molecule has 2 heteroatoms. The maximum absolute atomic E-state index is 4.11. The van der Waals surface area contributed by atoms with Crippen molar-refractivity contribution in [2.45, 2.75) is 32.1 Å². The number of aryl methyl sites for hydroxylation is 1. The predicted molar refractivity (Wildman–Crippen MR) is 87.5 cm³/mol. The van der Waals surface area contributed by atoms with Gasteiger partial charge in [0.2, 0.25) is 0 Å². The van der Waals surface area contributed by atoms with Gasteiger partial charge >= 0.3 is 0 Å². The van der Waals surface area contributed by atoms with E-state index in [-0.39, 0.29) is 0 Å². The Labute approximate surface area is 127 Å². The zero-order valence-corrected chi connectivity index (χ0v) is 12.8. The van der Waals surface area contributed by atoms with Crippen LogP contribution in [0.4, 0.5) is 0 Å². The number of rotatable bonds is 4. The van der Waals surface area contributed by atoms with Gasteiger partial charge < -0.3 is 4.90 Å². The molecule has 1 fully saturated rings. The van der Waals surface area contributed by atoms with Crippen molar-refractivity contribution >= 4 is 0 Å². The van der Waals surface area contributed by atoms with Crippen molar-refractivity contribution in [1.29, 1.82) is 0 Å². The average Bonchev–Trinajstić information content (AvgIpc) is 2.54. The van der Waals surface area contributed by atoms with Gasteiger partial charge in [0.15, 0.2) is 0 Å². The minimum atomic E-state index is 0.725. The van der Waals surface area contributed by atoms with Crippen LogP contribution in [0.15, 0.2) is 48.8 Å². The molecule has 110 valence electrons. The number of piperidine rings is 1. The van der Waals surface area contributed by atoms with E-state index in [1.54, 1.807) is 0 Å². The van der Waals surface area contributed by atoms with Crippen molar-refractivity contribution in [2.75, 3.05) is 19.6 Å². The summed E-state index contributed by atoms with van der Waals surface area (Å²) in [4.78, 5) is 6.73. The SMILES string of the molecule is Cc1cccc(CCN2CCC(c3ccncc3)CC2)c1. The molecule has 2 nitrogen and oxygen atoms in total. The molecular formula is C19H24N2. The number of nitrogens with zero attached hydrogens (tertiary/aromatic N) is 2.